The summed E-state index contributed by atoms with van der Waals surface area (Å²) in [5.74, 6) is -62.3. The van der Waals surface area contributed by atoms with Crippen LogP contribution in [0, 0.1) is 0 Å². The average molecular weight is 566 g/mol. The maximum absolute atomic E-state index is 13.5. The maximum Gasteiger partial charge on any atom is 0.460 e. The molecule has 1 aliphatic rings. The van der Waals surface area contributed by atoms with Crippen LogP contribution in [0.3, 0.4) is 0 Å². The number of hydrogen-bond acceptors (Lipinski definition) is 1. The van der Waals surface area contributed by atoms with Gasteiger partial charge in [0.05, 0.1) is 0 Å². The minimum absolute atomic E-state index is 1.90. The Morgan fingerprint density at radius 2 is 0.618 bits per heavy atom. The monoisotopic (exact) mass is 566 g/mol. The lowest BCUT2D eigenvalue weighted by molar-refractivity contribution is -0.467. The summed E-state index contributed by atoms with van der Waals surface area (Å²) in [6, 6.07) is 0. The summed E-state index contributed by atoms with van der Waals surface area (Å²) in [4.78, 5) is 0. The first-order valence-electron chi connectivity index (χ1n) is 7.07. The van der Waals surface area contributed by atoms with Crippen LogP contribution in [-0.2, 0) is 4.74 Å². The molecule has 0 aliphatic carbocycles. The molecule has 0 amide bonds. The Bertz CT molecular complexity index is 799. The third kappa shape index (κ3) is 3.08. The molecule has 0 aromatic heterocycles. The summed E-state index contributed by atoms with van der Waals surface area (Å²) < 4.78 is 285. The smallest absolute Gasteiger partial charge is 0.287 e. The van der Waals surface area contributed by atoms with Crippen LogP contribution in [0.15, 0.2) is 0 Å². The van der Waals surface area contributed by atoms with Crippen LogP contribution in [-0.4, -0.2) is 65.5 Å². The quantitative estimate of drug-likeness (QED) is 0.241. The van der Waals surface area contributed by atoms with E-state index in [0.29, 0.717) is 0 Å². The van der Waals surface area contributed by atoms with Gasteiger partial charge in [0.15, 0.2) is 0 Å². The van der Waals surface area contributed by atoms with Crippen LogP contribution >= 0.6 is 0 Å². The highest BCUT2D eigenvalue weighted by atomic mass is 19.4. The van der Waals surface area contributed by atoms with Crippen LogP contribution in [0.4, 0.5) is 96.6 Å². The highest BCUT2D eigenvalue weighted by molar-refractivity contribution is 5.25. The number of halogens is 22. The maximum atomic E-state index is 13.5. The fraction of sp³-hybridized carbons (Fsp3) is 1.00. The van der Waals surface area contributed by atoms with Gasteiger partial charge >= 0.3 is 65.5 Å². The lowest BCUT2D eigenvalue weighted by atomic mass is 9.84. The van der Waals surface area contributed by atoms with Gasteiger partial charge in [-0.3, -0.25) is 4.74 Å². The molecule has 1 saturated heterocycles. The number of hydrogen-bond donors (Lipinski definition) is 0. The van der Waals surface area contributed by atoms with E-state index in [1.165, 1.54) is 0 Å². The Balaban J connectivity index is 3.81. The normalized spacial score (nSPS) is 23.8. The molecule has 204 valence electrons. The summed E-state index contributed by atoms with van der Waals surface area (Å²) in [5, 5.41) is 0. The van der Waals surface area contributed by atoms with Gasteiger partial charge in [-0.05, 0) is 0 Å². The van der Waals surface area contributed by atoms with Crippen LogP contribution in [0.1, 0.15) is 0 Å². The molecule has 1 fully saturated rings. The van der Waals surface area contributed by atoms with Crippen molar-refractivity contribution in [3.8, 4) is 0 Å². The summed E-state index contributed by atoms with van der Waals surface area (Å²) in [5.41, 5.74) is -7.18. The van der Waals surface area contributed by atoms with E-state index in [0.717, 1.165) is 0 Å². The minimum atomic E-state index is -9.21. The number of rotatable bonds is 7. The van der Waals surface area contributed by atoms with Crippen molar-refractivity contribution in [3.63, 3.8) is 0 Å². The van der Waals surface area contributed by atoms with Gasteiger partial charge in [0, 0.05) is 0 Å². The van der Waals surface area contributed by atoms with Crippen molar-refractivity contribution in [2.75, 3.05) is 0 Å². The molecule has 1 atom stereocenters. The zero-order valence-electron chi connectivity index (χ0n) is 14.2. The lowest BCUT2D eigenvalue weighted by Gasteiger charge is -2.43. The molecular formula is C11F22O. The molecule has 1 aliphatic heterocycles. The molecular weight excluding hydrogens is 566 g/mol. The fourth-order valence-corrected chi connectivity index (χ4v) is 2.20. The van der Waals surface area contributed by atoms with E-state index >= 15 is 0 Å². The molecule has 0 aromatic rings. The first kappa shape index (κ1) is 30.5. The van der Waals surface area contributed by atoms with Crippen LogP contribution in [0.2, 0.25) is 0 Å². The summed E-state index contributed by atoms with van der Waals surface area (Å²) in [7, 11) is 0. The Kier molecular flexibility index (Phi) is 6.08. The third-order valence-electron chi connectivity index (χ3n) is 4.21. The van der Waals surface area contributed by atoms with Gasteiger partial charge in [0.2, 0.25) is 0 Å². The molecule has 0 spiro atoms. The number of alkyl halides is 22. The summed E-state index contributed by atoms with van der Waals surface area (Å²) in [6.45, 7) is 0. The third-order valence-corrected chi connectivity index (χ3v) is 4.21. The fourth-order valence-electron chi connectivity index (χ4n) is 2.20. The molecule has 0 radical (unpaired) electrons. The predicted octanol–water partition coefficient (Wildman–Crippen LogP) is 6.92. The zero-order chi connectivity index (χ0) is 28.2. The van der Waals surface area contributed by atoms with E-state index in [1.807, 2.05) is 4.74 Å². The molecule has 0 saturated carbocycles. The SMILES string of the molecule is FC(F)(F)C(F)(F)C(F)(F)C(F)(F)C(F)(F)C(F)(F)C(F)(F)C(F)(F)C1(C(F)(F)F)OC1(F)F. The second-order valence-electron chi connectivity index (χ2n) is 6.32. The Hall–Kier alpha value is -1.58. The predicted molar refractivity (Wildman–Crippen MR) is 55.5 cm³/mol. The molecule has 0 bridgehead atoms. The van der Waals surface area contributed by atoms with Crippen LogP contribution in [0.5, 0.6) is 0 Å². The van der Waals surface area contributed by atoms with Gasteiger partial charge in [-0.25, -0.2) is 0 Å². The van der Waals surface area contributed by atoms with Crippen molar-refractivity contribution in [3.05, 3.63) is 0 Å². The van der Waals surface area contributed by atoms with Gasteiger partial charge in [-0.2, -0.15) is 96.6 Å². The van der Waals surface area contributed by atoms with Crippen LogP contribution in [0.25, 0.3) is 0 Å². The zero-order valence-corrected chi connectivity index (χ0v) is 14.2. The highest BCUT2D eigenvalue weighted by Gasteiger charge is 3.05. The Morgan fingerprint density at radius 1 is 0.382 bits per heavy atom. The van der Waals surface area contributed by atoms with Crippen molar-refractivity contribution >= 4 is 0 Å². The van der Waals surface area contributed by atoms with Crippen molar-refractivity contribution < 1.29 is 101 Å². The largest absolute Gasteiger partial charge is 0.460 e. The second kappa shape index (κ2) is 6.79. The topological polar surface area (TPSA) is 12.5 Å². The van der Waals surface area contributed by atoms with E-state index in [2.05, 4.69) is 0 Å². The molecule has 0 N–H and O–H groups in total. The Labute approximate surface area is 168 Å². The van der Waals surface area contributed by atoms with E-state index < -0.39 is 65.5 Å². The van der Waals surface area contributed by atoms with Crippen molar-refractivity contribution in [1.29, 1.82) is 0 Å². The molecule has 1 nitrogen and oxygen atoms in total. The first-order chi connectivity index (χ1) is 14.2. The first-order valence-corrected chi connectivity index (χ1v) is 7.07. The van der Waals surface area contributed by atoms with Crippen LogP contribution < -0.4 is 0 Å². The average Bonchev–Trinajstić information content (AvgIpc) is 3.17. The minimum Gasteiger partial charge on any atom is -0.287 e. The highest BCUT2D eigenvalue weighted by Crippen LogP contribution is 2.72. The van der Waals surface area contributed by atoms with Gasteiger partial charge < -0.3 is 0 Å². The van der Waals surface area contributed by atoms with Crippen molar-refractivity contribution in [2.24, 2.45) is 0 Å². The van der Waals surface area contributed by atoms with E-state index in [9.17, 15) is 96.6 Å². The number of epoxide rings is 1. The molecule has 1 heterocycles. The van der Waals surface area contributed by atoms with Gasteiger partial charge in [0.1, 0.15) is 0 Å². The molecule has 23 heteroatoms. The molecule has 1 unspecified atom stereocenters. The second-order valence-corrected chi connectivity index (χ2v) is 6.32. The summed E-state index contributed by atoms with van der Waals surface area (Å²) in [6.07, 6.45) is -22.3. The number of ether oxygens (including phenoxy) is 1. The standard InChI is InChI=1S/C11F22O/c12-2(13,1(9(26,27)28)11(32,33)34-1)3(14,15)4(16,17)5(18,19)6(20,21)7(22,23)8(24,25)10(29,30)31. The van der Waals surface area contributed by atoms with E-state index in [-0.39, 0.29) is 0 Å². The molecule has 34 heavy (non-hydrogen) atoms. The van der Waals surface area contributed by atoms with Gasteiger partial charge in [-0.1, -0.05) is 0 Å². The Morgan fingerprint density at radius 3 is 0.824 bits per heavy atom. The van der Waals surface area contributed by atoms with Gasteiger partial charge in [-0.15, -0.1) is 0 Å². The van der Waals surface area contributed by atoms with E-state index in [4.69, 9.17) is 0 Å². The van der Waals surface area contributed by atoms with Gasteiger partial charge in [0.25, 0.3) is 0 Å². The van der Waals surface area contributed by atoms with Crippen molar-refractivity contribution in [2.45, 2.75) is 65.5 Å². The lowest BCUT2D eigenvalue weighted by Crippen LogP contribution is -2.76. The van der Waals surface area contributed by atoms with Crippen molar-refractivity contribution in [1.82, 2.24) is 0 Å². The van der Waals surface area contributed by atoms with E-state index in [1.54, 1.807) is 0 Å². The molecule has 1 rings (SSSR count). The summed E-state index contributed by atoms with van der Waals surface area (Å²) >= 11 is 0. The molecule has 0 aromatic carbocycles.